The zero-order valence-electron chi connectivity index (χ0n) is 10.4. The lowest BCUT2D eigenvalue weighted by Crippen LogP contribution is -2.22. The molecule has 0 bridgehead atoms. The molecule has 1 saturated heterocycles. The zero-order valence-corrected chi connectivity index (χ0v) is 10.4. The van der Waals surface area contributed by atoms with Crippen LogP contribution in [0.25, 0.3) is 0 Å². The highest BCUT2D eigenvalue weighted by Crippen LogP contribution is 2.19. The molecule has 17 heavy (non-hydrogen) atoms. The topological polar surface area (TPSA) is 40.5 Å². The summed E-state index contributed by atoms with van der Waals surface area (Å²) >= 11 is 0. The number of likely N-dealkylation sites (tertiary alicyclic amines) is 1. The van der Waals surface area contributed by atoms with E-state index in [4.69, 9.17) is 5.11 Å². The van der Waals surface area contributed by atoms with Crippen LogP contribution in [0.15, 0.2) is 18.2 Å². The van der Waals surface area contributed by atoms with E-state index in [-0.39, 0.29) is 5.92 Å². The standard InChI is InChI=1S/C14H19NO2/c1-10-5-11(2)7-12(6-10)8-15-4-3-13(9-15)14(16)17/h5-7,13H,3-4,8-9H2,1-2H3,(H,16,17)/t13-/m0/s1. The number of benzene rings is 1. The molecular formula is C14H19NO2. The molecule has 1 N–H and O–H groups in total. The van der Waals surface area contributed by atoms with Gasteiger partial charge in [0.1, 0.15) is 0 Å². The summed E-state index contributed by atoms with van der Waals surface area (Å²) in [5.74, 6) is -0.839. The predicted molar refractivity (Wildman–Crippen MR) is 66.9 cm³/mol. The van der Waals surface area contributed by atoms with Crippen LogP contribution in [0, 0.1) is 19.8 Å². The van der Waals surface area contributed by atoms with Gasteiger partial charge in [-0.1, -0.05) is 29.3 Å². The monoisotopic (exact) mass is 233 g/mol. The third-order valence-corrected chi connectivity index (χ3v) is 3.31. The molecule has 0 aliphatic carbocycles. The number of aliphatic carboxylic acids is 1. The van der Waals surface area contributed by atoms with Gasteiger partial charge in [0.25, 0.3) is 0 Å². The minimum atomic E-state index is -0.659. The molecule has 1 atom stereocenters. The molecule has 92 valence electrons. The molecule has 1 aliphatic heterocycles. The summed E-state index contributed by atoms with van der Waals surface area (Å²) in [6.45, 7) is 6.64. The van der Waals surface area contributed by atoms with Crippen molar-refractivity contribution in [3.8, 4) is 0 Å². The fraction of sp³-hybridized carbons (Fsp3) is 0.500. The fourth-order valence-corrected chi connectivity index (χ4v) is 2.60. The van der Waals surface area contributed by atoms with Crippen molar-refractivity contribution in [1.29, 1.82) is 0 Å². The fourth-order valence-electron chi connectivity index (χ4n) is 2.60. The molecule has 1 aliphatic rings. The van der Waals surface area contributed by atoms with E-state index >= 15 is 0 Å². The number of rotatable bonds is 3. The first-order valence-electron chi connectivity index (χ1n) is 6.07. The maximum Gasteiger partial charge on any atom is 0.307 e. The van der Waals surface area contributed by atoms with Gasteiger partial charge < -0.3 is 5.11 Å². The number of carboxylic acids is 1. The van der Waals surface area contributed by atoms with Gasteiger partial charge in [0, 0.05) is 13.1 Å². The van der Waals surface area contributed by atoms with Gasteiger partial charge in [-0.15, -0.1) is 0 Å². The second-order valence-electron chi connectivity index (χ2n) is 5.05. The summed E-state index contributed by atoms with van der Waals surface area (Å²) in [4.78, 5) is 13.1. The highest BCUT2D eigenvalue weighted by Gasteiger charge is 2.27. The lowest BCUT2D eigenvalue weighted by molar-refractivity contribution is -0.141. The maximum absolute atomic E-state index is 10.9. The largest absolute Gasteiger partial charge is 0.481 e. The van der Waals surface area contributed by atoms with Crippen molar-refractivity contribution in [1.82, 2.24) is 4.90 Å². The van der Waals surface area contributed by atoms with E-state index in [9.17, 15) is 4.79 Å². The van der Waals surface area contributed by atoms with Gasteiger partial charge in [-0.2, -0.15) is 0 Å². The molecule has 1 fully saturated rings. The molecule has 0 spiro atoms. The maximum atomic E-state index is 10.9. The van der Waals surface area contributed by atoms with Crippen LogP contribution >= 0.6 is 0 Å². The van der Waals surface area contributed by atoms with Crippen LogP contribution in [0.3, 0.4) is 0 Å². The third kappa shape index (κ3) is 3.07. The average molecular weight is 233 g/mol. The summed E-state index contributed by atoms with van der Waals surface area (Å²) < 4.78 is 0. The van der Waals surface area contributed by atoms with Crippen LogP contribution in [0.1, 0.15) is 23.1 Å². The van der Waals surface area contributed by atoms with Gasteiger partial charge in [-0.25, -0.2) is 0 Å². The second-order valence-corrected chi connectivity index (χ2v) is 5.05. The van der Waals surface area contributed by atoms with Gasteiger partial charge in [0.2, 0.25) is 0 Å². The molecule has 0 aromatic heterocycles. The van der Waals surface area contributed by atoms with Gasteiger partial charge in [-0.05, 0) is 32.4 Å². The molecule has 3 nitrogen and oxygen atoms in total. The van der Waals surface area contributed by atoms with E-state index in [0.29, 0.717) is 6.54 Å². The van der Waals surface area contributed by atoms with Gasteiger partial charge in [-0.3, -0.25) is 9.69 Å². The Morgan fingerprint density at radius 3 is 2.53 bits per heavy atom. The highest BCUT2D eigenvalue weighted by molar-refractivity contribution is 5.70. The predicted octanol–water partition coefficient (Wildman–Crippen LogP) is 2.21. The number of nitrogens with zero attached hydrogens (tertiary/aromatic N) is 1. The quantitative estimate of drug-likeness (QED) is 0.870. The Kier molecular flexibility index (Phi) is 3.48. The number of hydrogen-bond acceptors (Lipinski definition) is 2. The van der Waals surface area contributed by atoms with Crippen LogP contribution in [-0.2, 0) is 11.3 Å². The summed E-state index contributed by atoms with van der Waals surface area (Å²) in [7, 11) is 0. The van der Waals surface area contributed by atoms with Crippen molar-refractivity contribution < 1.29 is 9.90 Å². The molecule has 1 aromatic carbocycles. The Labute approximate surface area is 102 Å². The Hall–Kier alpha value is -1.35. The van der Waals surface area contributed by atoms with Crippen molar-refractivity contribution >= 4 is 5.97 Å². The number of aryl methyl sites for hydroxylation is 2. The SMILES string of the molecule is Cc1cc(C)cc(CN2CC[C@H](C(=O)O)C2)c1. The molecular weight excluding hydrogens is 214 g/mol. The van der Waals surface area contributed by atoms with Crippen molar-refractivity contribution in [3.05, 3.63) is 34.9 Å². The minimum absolute atomic E-state index is 0.180. The molecule has 1 aromatic rings. The molecule has 3 heteroatoms. The van der Waals surface area contributed by atoms with E-state index in [0.717, 1.165) is 19.5 Å². The molecule has 0 unspecified atom stereocenters. The van der Waals surface area contributed by atoms with Crippen molar-refractivity contribution in [2.24, 2.45) is 5.92 Å². The van der Waals surface area contributed by atoms with Gasteiger partial charge >= 0.3 is 5.97 Å². The minimum Gasteiger partial charge on any atom is -0.481 e. The summed E-state index contributed by atoms with van der Waals surface area (Å²) in [5, 5.41) is 8.96. The van der Waals surface area contributed by atoms with E-state index in [1.54, 1.807) is 0 Å². The first kappa shape index (κ1) is 12.1. The van der Waals surface area contributed by atoms with Crippen LogP contribution in [0.2, 0.25) is 0 Å². The van der Waals surface area contributed by atoms with Crippen LogP contribution in [0.4, 0.5) is 0 Å². The van der Waals surface area contributed by atoms with E-state index in [1.807, 2.05) is 0 Å². The molecule has 0 saturated carbocycles. The zero-order chi connectivity index (χ0) is 12.4. The first-order valence-corrected chi connectivity index (χ1v) is 6.07. The number of carboxylic acid groups (broad SMARTS) is 1. The van der Waals surface area contributed by atoms with E-state index in [2.05, 4.69) is 36.9 Å². The van der Waals surface area contributed by atoms with E-state index < -0.39 is 5.97 Å². The lowest BCUT2D eigenvalue weighted by atomic mass is 10.1. The number of carbonyl (C=O) groups is 1. The Bertz CT molecular complexity index is 408. The normalized spacial score (nSPS) is 20.7. The molecule has 2 rings (SSSR count). The average Bonchev–Trinajstić information content (AvgIpc) is 2.64. The summed E-state index contributed by atoms with van der Waals surface area (Å²) in [5.41, 5.74) is 3.83. The Balaban J connectivity index is 2.00. The van der Waals surface area contributed by atoms with E-state index in [1.165, 1.54) is 16.7 Å². The van der Waals surface area contributed by atoms with Crippen LogP contribution < -0.4 is 0 Å². The third-order valence-electron chi connectivity index (χ3n) is 3.31. The second kappa shape index (κ2) is 4.88. The lowest BCUT2D eigenvalue weighted by Gasteiger charge is -2.16. The Morgan fingerprint density at radius 1 is 1.35 bits per heavy atom. The summed E-state index contributed by atoms with van der Waals surface area (Å²) in [6, 6.07) is 6.52. The van der Waals surface area contributed by atoms with Crippen molar-refractivity contribution in [2.45, 2.75) is 26.8 Å². The molecule has 1 heterocycles. The molecule has 0 radical (unpaired) electrons. The highest BCUT2D eigenvalue weighted by atomic mass is 16.4. The van der Waals surface area contributed by atoms with Gasteiger partial charge in [0.05, 0.1) is 5.92 Å². The van der Waals surface area contributed by atoms with Crippen molar-refractivity contribution in [2.75, 3.05) is 13.1 Å². The Morgan fingerprint density at radius 2 is 2.00 bits per heavy atom. The first-order chi connectivity index (χ1) is 8.04. The summed E-state index contributed by atoms with van der Waals surface area (Å²) in [6.07, 6.45) is 0.778. The molecule has 0 amide bonds. The van der Waals surface area contributed by atoms with Crippen LogP contribution in [0.5, 0.6) is 0 Å². The van der Waals surface area contributed by atoms with Gasteiger partial charge in [0.15, 0.2) is 0 Å². The smallest absolute Gasteiger partial charge is 0.307 e. The number of hydrogen-bond donors (Lipinski definition) is 1. The van der Waals surface area contributed by atoms with Crippen LogP contribution in [-0.4, -0.2) is 29.1 Å². The van der Waals surface area contributed by atoms with Crippen molar-refractivity contribution in [3.63, 3.8) is 0 Å².